The molecule has 2 heterocycles. The number of hydrogen-bond acceptors (Lipinski definition) is 5. The topological polar surface area (TPSA) is 90.2 Å². The van der Waals surface area contributed by atoms with Crippen LogP contribution < -0.4 is 11.3 Å². The molecular formula is C10H15N3O3. The van der Waals surface area contributed by atoms with Crippen LogP contribution in [0.3, 0.4) is 0 Å². The summed E-state index contributed by atoms with van der Waals surface area (Å²) in [7, 11) is 0. The average Bonchev–Trinajstić information content (AvgIpc) is 2.65. The number of aromatic amines is 1. The van der Waals surface area contributed by atoms with Crippen LogP contribution in [-0.4, -0.2) is 29.0 Å². The van der Waals surface area contributed by atoms with Crippen LogP contribution in [0.1, 0.15) is 19.2 Å². The van der Waals surface area contributed by atoms with Gasteiger partial charge in [-0.1, -0.05) is 6.92 Å². The van der Waals surface area contributed by atoms with Gasteiger partial charge in [0.2, 0.25) is 0 Å². The second kappa shape index (κ2) is 4.23. The summed E-state index contributed by atoms with van der Waals surface area (Å²) in [5, 5.41) is 0. The Morgan fingerprint density at radius 3 is 2.81 bits per heavy atom. The van der Waals surface area contributed by atoms with Crippen molar-refractivity contribution in [1.29, 1.82) is 0 Å². The first-order valence-electron chi connectivity index (χ1n) is 5.27. The van der Waals surface area contributed by atoms with Gasteiger partial charge in [-0.25, -0.2) is 4.98 Å². The molecule has 0 unspecified atom stereocenters. The number of rotatable bonds is 3. The Kier molecular flexibility index (Phi) is 2.93. The van der Waals surface area contributed by atoms with Crippen molar-refractivity contribution in [2.45, 2.75) is 25.6 Å². The second-order valence-corrected chi connectivity index (χ2v) is 3.75. The Balaban J connectivity index is 2.22. The first-order chi connectivity index (χ1) is 7.63. The standard InChI is InChI=1S/C10H15N3O3/c1-2-10(15-3-4-16-10)6-8-12-7(11)5-9(14)13-8/h5H,2-4,6H2,1H3,(H3,11,12,13,14). The molecule has 1 aliphatic rings. The molecule has 0 aliphatic carbocycles. The lowest BCUT2D eigenvalue weighted by Crippen LogP contribution is -2.33. The zero-order valence-electron chi connectivity index (χ0n) is 9.16. The molecule has 1 aliphatic heterocycles. The summed E-state index contributed by atoms with van der Waals surface area (Å²) in [5.74, 6) is 0.0424. The summed E-state index contributed by atoms with van der Waals surface area (Å²) in [5.41, 5.74) is 5.25. The quantitative estimate of drug-likeness (QED) is 0.758. The third-order valence-electron chi connectivity index (χ3n) is 2.60. The highest BCUT2D eigenvalue weighted by Crippen LogP contribution is 2.26. The molecule has 1 aromatic heterocycles. The van der Waals surface area contributed by atoms with Crippen molar-refractivity contribution in [3.05, 3.63) is 22.2 Å². The van der Waals surface area contributed by atoms with Gasteiger partial charge in [0.15, 0.2) is 5.79 Å². The largest absolute Gasteiger partial charge is 0.383 e. The van der Waals surface area contributed by atoms with E-state index in [1.165, 1.54) is 6.07 Å². The molecule has 6 nitrogen and oxygen atoms in total. The molecule has 2 rings (SSSR count). The third-order valence-corrected chi connectivity index (χ3v) is 2.60. The minimum absolute atomic E-state index is 0.211. The lowest BCUT2D eigenvalue weighted by Gasteiger charge is -2.25. The molecule has 1 fully saturated rings. The van der Waals surface area contributed by atoms with Crippen LogP contribution in [0.2, 0.25) is 0 Å². The van der Waals surface area contributed by atoms with Crippen LogP contribution in [0.15, 0.2) is 10.9 Å². The number of ether oxygens (including phenoxy) is 2. The van der Waals surface area contributed by atoms with E-state index in [2.05, 4.69) is 9.97 Å². The number of nitrogens with one attached hydrogen (secondary N) is 1. The van der Waals surface area contributed by atoms with Crippen molar-refractivity contribution < 1.29 is 9.47 Å². The Hall–Kier alpha value is -1.40. The van der Waals surface area contributed by atoms with Gasteiger partial charge in [0.1, 0.15) is 11.6 Å². The van der Waals surface area contributed by atoms with Crippen LogP contribution in [0.25, 0.3) is 0 Å². The number of nitrogens with two attached hydrogens (primary N) is 1. The Labute approximate surface area is 92.8 Å². The monoisotopic (exact) mass is 225 g/mol. The van der Waals surface area contributed by atoms with E-state index in [4.69, 9.17) is 15.2 Å². The van der Waals surface area contributed by atoms with Gasteiger partial charge in [-0.15, -0.1) is 0 Å². The molecule has 0 aromatic carbocycles. The smallest absolute Gasteiger partial charge is 0.252 e. The number of anilines is 1. The van der Waals surface area contributed by atoms with E-state index in [9.17, 15) is 4.79 Å². The number of H-pyrrole nitrogens is 1. The van der Waals surface area contributed by atoms with Gasteiger partial charge in [0, 0.05) is 6.07 Å². The molecule has 88 valence electrons. The van der Waals surface area contributed by atoms with Gasteiger partial charge >= 0.3 is 0 Å². The minimum atomic E-state index is -0.663. The van der Waals surface area contributed by atoms with Gasteiger partial charge in [0.05, 0.1) is 19.6 Å². The SMILES string of the molecule is CCC1(Cc2nc(N)cc(=O)[nH]2)OCCO1. The highest BCUT2D eigenvalue weighted by atomic mass is 16.7. The number of nitrogens with zero attached hydrogens (tertiary/aromatic N) is 1. The predicted molar refractivity (Wildman–Crippen MR) is 57.9 cm³/mol. The highest BCUT2D eigenvalue weighted by Gasteiger charge is 2.35. The molecule has 1 aromatic rings. The zero-order chi connectivity index (χ0) is 11.6. The van der Waals surface area contributed by atoms with E-state index in [-0.39, 0.29) is 11.4 Å². The molecule has 0 bridgehead atoms. The fourth-order valence-electron chi connectivity index (χ4n) is 1.80. The maximum absolute atomic E-state index is 11.2. The highest BCUT2D eigenvalue weighted by molar-refractivity contribution is 5.25. The number of nitrogen functional groups attached to an aromatic ring is 1. The van der Waals surface area contributed by atoms with Gasteiger partial charge in [-0.05, 0) is 6.42 Å². The van der Waals surface area contributed by atoms with Gasteiger partial charge in [-0.3, -0.25) is 4.79 Å². The van der Waals surface area contributed by atoms with Crippen LogP contribution in [0.5, 0.6) is 0 Å². The molecule has 16 heavy (non-hydrogen) atoms. The molecule has 0 spiro atoms. The average molecular weight is 225 g/mol. The normalized spacial score (nSPS) is 18.8. The summed E-state index contributed by atoms with van der Waals surface area (Å²) in [4.78, 5) is 17.9. The fourth-order valence-corrected chi connectivity index (χ4v) is 1.80. The van der Waals surface area contributed by atoms with E-state index in [0.717, 1.165) is 0 Å². The minimum Gasteiger partial charge on any atom is -0.383 e. The molecular weight excluding hydrogens is 210 g/mol. The Bertz CT molecular complexity index is 424. The molecule has 0 radical (unpaired) electrons. The molecule has 6 heteroatoms. The maximum Gasteiger partial charge on any atom is 0.252 e. The van der Waals surface area contributed by atoms with E-state index < -0.39 is 5.79 Å². The summed E-state index contributed by atoms with van der Waals surface area (Å²) in [6.45, 7) is 3.11. The van der Waals surface area contributed by atoms with Crippen molar-refractivity contribution in [1.82, 2.24) is 9.97 Å². The Morgan fingerprint density at radius 2 is 2.25 bits per heavy atom. The van der Waals surface area contributed by atoms with E-state index >= 15 is 0 Å². The molecule has 0 amide bonds. The lowest BCUT2D eigenvalue weighted by molar-refractivity contribution is -0.158. The van der Waals surface area contributed by atoms with Crippen LogP contribution in [-0.2, 0) is 15.9 Å². The molecule has 0 saturated carbocycles. The Morgan fingerprint density at radius 1 is 1.56 bits per heavy atom. The van der Waals surface area contributed by atoms with Crippen molar-refractivity contribution in [2.75, 3.05) is 18.9 Å². The number of aromatic nitrogens is 2. The van der Waals surface area contributed by atoms with Crippen molar-refractivity contribution in [3.8, 4) is 0 Å². The van der Waals surface area contributed by atoms with E-state index in [1.54, 1.807) is 0 Å². The van der Waals surface area contributed by atoms with Gasteiger partial charge in [0.25, 0.3) is 5.56 Å². The first kappa shape index (κ1) is 11.1. The molecule has 3 N–H and O–H groups in total. The number of hydrogen-bond donors (Lipinski definition) is 2. The molecule has 1 saturated heterocycles. The summed E-state index contributed by atoms with van der Waals surface area (Å²) in [6.07, 6.45) is 1.11. The van der Waals surface area contributed by atoms with E-state index in [1.807, 2.05) is 6.92 Å². The van der Waals surface area contributed by atoms with Gasteiger partial charge in [-0.2, -0.15) is 0 Å². The maximum atomic E-state index is 11.2. The molecule has 0 atom stereocenters. The van der Waals surface area contributed by atoms with Gasteiger partial charge < -0.3 is 20.2 Å². The zero-order valence-corrected chi connectivity index (χ0v) is 9.16. The van der Waals surface area contributed by atoms with Crippen molar-refractivity contribution in [2.24, 2.45) is 0 Å². The summed E-state index contributed by atoms with van der Waals surface area (Å²) in [6, 6.07) is 1.25. The second-order valence-electron chi connectivity index (χ2n) is 3.75. The van der Waals surface area contributed by atoms with Crippen molar-refractivity contribution >= 4 is 5.82 Å². The summed E-state index contributed by atoms with van der Waals surface area (Å²) >= 11 is 0. The van der Waals surface area contributed by atoms with E-state index in [0.29, 0.717) is 31.9 Å². The first-order valence-corrected chi connectivity index (χ1v) is 5.27. The van der Waals surface area contributed by atoms with Crippen LogP contribution >= 0.6 is 0 Å². The fraction of sp³-hybridized carbons (Fsp3) is 0.600. The summed E-state index contributed by atoms with van der Waals surface area (Å²) < 4.78 is 11.1. The third kappa shape index (κ3) is 2.23. The lowest BCUT2D eigenvalue weighted by atomic mass is 10.1. The van der Waals surface area contributed by atoms with Crippen LogP contribution in [0.4, 0.5) is 5.82 Å². The van der Waals surface area contributed by atoms with Crippen LogP contribution in [0, 0.1) is 0 Å². The van der Waals surface area contributed by atoms with Crippen molar-refractivity contribution in [3.63, 3.8) is 0 Å². The predicted octanol–water partition coefficient (Wildman–Crippen LogP) is 0.0477.